The van der Waals surface area contributed by atoms with Crippen molar-refractivity contribution >= 4 is 11.7 Å². The largest absolute Gasteiger partial charge is 0.382 e. The van der Waals surface area contributed by atoms with Crippen LogP contribution in [0, 0.1) is 17.1 Å². The van der Waals surface area contributed by atoms with Crippen molar-refractivity contribution in [2.75, 3.05) is 12.8 Å². The highest BCUT2D eigenvalue weighted by Gasteiger charge is 2.16. The first-order valence-electron chi connectivity index (χ1n) is 7.84. The van der Waals surface area contributed by atoms with Crippen LogP contribution in [-0.4, -0.2) is 27.6 Å². The van der Waals surface area contributed by atoms with Crippen molar-refractivity contribution < 1.29 is 9.18 Å². The highest BCUT2D eigenvalue weighted by atomic mass is 19.1. The van der Waals surface area contributed by atoms with Gasteiger partial charge in [0.1, 0.15) is 23.3 Å². The number of aromatic nitrogens is 2. The number of benzene rings is 2. The fourth-order valence-corrected chi connectivity index (χ4v) is 2.59. The second-order valence-electron chi connectivity index (χ2n) is 5.77. The maximum absolute atomic E-state index is 13.8. The average Bonchev–Trinajstić information content (AvgIpc) is 3.03. The molecule has 1 aromatic heterocycles. The molecule has 0 aliphatic carbocycles. The zero-order valence-corrected chi connectivity index (χ0v) is 14.1. The highest BCUT2D eigenvalue weighted by molar-refractivity contribution is 5.94. The molecule has 2 aromatic carbocycles. The summed E-state index contributed by atoms with van der Waals surface area (Å²) in [5, 5.41) is 13.1. The summed E-state index contributed by atoms with van der Waals surface area (Å²) >= 11 is 0. The third kappa shape index (κ3) is 3.26. The van der Waals surface area contributed by atoms with Crippen molar-refractivity contribution in [3.05, 3.63) is 77.2 Å². The van der Waals surface area contributed by atoms with Gasteiger partial charge in [-0.3, -0.25) is 4.79 Å². The molecular weight excluding hydrogens is 333 g/mol. The molecule has 0 unspecified atom stereocenters. The second-order valence-corrected chi connectivity index (χ2v) is 5.77. The molecule has 0 spiro atoms. The highest BCUT2D eigenvalue weighted by Crippen LogP contribution is 2.19. The van der Waals surface area contributed by atoms with Crippen LogP contribution in [0.4, 0.5) is 10.2 Å². The molecule has 130 valence electrons. The van der Waals surface area contributed by atoms with Crippen molar-refractivity contribution in [3.8, 4) is 11.8 Å². The van der Waals surface area contributed by atoms with E-state index in [9.17, 15) is 9.18 Å². The van der Waals surface area contributed by atoms with Gasteiger partial charge >= 0.3 is 0 Å². The minimum Gasteiger partial charge on any atom is -0.382 e. The van der Waals surface area contributed by atoms with Crippen molar-refractivity contribution in [1.82, 2.24) is 14.7 Å². The molecule has 26 heavy (non-hydrogen) atoms. The van der Waals surface area contributed by atoms with E-state index in [0.717, 1.165) is 0 Å². The molecule has 0 fully saturated rings. The molecule has 6 nitrogen and oxygen atoms in total. The van der Waals surface area contributed by atoms with Crippen LogP contribution in [0.2, 0.25) is 0 Å². The van der Waals surface area contributed by atoms with E-state index in [-0.39, 0.29) is 29.7 Å². The Labute approximate surface area is 149 Å². The first-order valence-corrected chi connectivity index (χ1v) is 7.84. The normalized spacial score (nSPS) is 10.3. The number of hydrogen-bond donors (Lipinski definition) is 1. The number of amides is 1. The number of anilines is 1. The Morgan fingerprint density at radius 2 is 2.08 bits per heavy atom. The Kier molecular flexibility index (Phi) is 4.67. The molecule has 0 atom stereocenters. The summed E-state index contributed by atoms with van der Waals surface area (Å²) in [4.78, 5) is 14.1. The number of hydrogen-bond acceptors (Lipinski definition) is 4. The van der Waals surface area contributed by atoms with Gasteiger partial charge in [0.05, 0.1) is 11.9 Å². The van der Waals surface area contributed by atoms with Crippen LogP contribution in [0.15, 0.2) is 54.7 Å². The van der Waals surface area contributed by atoms with Gasteiger partial charge in [-0.05, 0) is 24.3 Å². The van der Waals surface area contributed by atoms with Crippen LogP contribution in [0.25, 0.3) is 5.69 Å². The minimum absolute atomic E-state index is 0.151. The Bertz CT molecular complexity index is 1010. The molecule has 3 rings (SSSR count). The van der Waals surface area contributed by atoms with E-state index in [1.54, 1.807) is 49.5 Å². The smallest absolute Gasteiger partial charge is 0.253 e. The van der Waals surface area contributed by atoms with E-state index in [1.807, 2.05) is 6.07 Å². The van der Waals surface area contributed by atoms with Crippen molar-refractivity contribution in [1.29, 1.82) is 5.26 Å². The number of nitrogen functional groups attached to an aromatic ring is 1. The molecule has 3 aromatic rings. The molecule has 1 amide bonds. The molecule has 7 heteroatoms. The third-order valence-electron chi connectivity index (χ3n) is 3.98. The van der Waals surface area contributed by atoms with Gasteiger partial charge in [0.15, 0.2) is 0 Å². The van der Waals surface area contributed by atoms with Gasteiger partial charge in [0.2, 0.25) is 0 Å². The Hall–Kier alpha value is -3.66. The van der Waals surface area contributed by atoms with E-state index >= 15 is 0 Å². The Balaban J connectivity index is 1.85. The van der Waals surface area contributed by atoms with Gasteiger partial charge in [0.25, 0.3) is 5.91 Å². The van der Waals surface area contributed by atoms with Crippen LogP contribution in [0.1, 0.15) is 21.5 Å². The predicted molar refractivity (Wildman–Crippen MR) is 94.9 cm³/mol. The summed E-state index contributed by atoms with van der Waals surface area (Å²) in [6.07, 6.45) is 1.37. The molecule has 0 saturated heterocycles. The maximum Gasteiger partial charge on any atom is 0.253 e. The molecular formula is C19H16FN5O. The lowest BCUT2D eigenvalue weighted by molar-refractivity contribution is 0.0784. The summed E-state index contributed by atoms with van der Waals surface area (Å²) < 4.78 is 15.2. The lowest BCUT2D eigenvalue weighted by Gasteiger charge is -2.18. The molecule has 0 saturated carbocycles. The van der Waals surface area contributed by atoms with E-state index in [2.05, 4.69) is 5.10 Å². The molecule has 0 aliphatic heterocycles. The number of nitrogens with zero attached hydrogens (tertiary/aromatic N) is 4. The third-order valence-corrected chi connectivity index (χ3v) is 3.98. The Morgan fingerprint density at radius 1 is 1.31 bits per heavy atom. The van der Waals surface area contributed by atoms with Crippen LogP contribution in [0.3, 0.4) is 0 Å². The SMILES string of the molecule is CN(Cc1ccccc1F)C(=O)c1cccc(-n2ncc(C#N)c2N)c1. The number of rotatable bonds is 4. The summed E-state index contributed by atoms with van der Waals surface area (Å²) in [5.74, 6) is -0.410. The zero-order chi connectivity index (χ0) is 18.7. The van der Waals surface area contributed by atoms with Crippen molar-refractivity contribution in [2.24, 2.45) is 0 Å². The topological polar surface area (TPSA) is 87.9 Å². The number of carbonyl (C=O) groups is 1. The van der Waals surface area contributed by atoms with Gasteiger partial charge in [-0.25, -0.2) is 9.07 Å². The van der Waals surface area contributed by atoms with E-state index < -0.39 is 0 Å². The minimum atomic E-state index is -0.353. The van der Waals surface area contributed by atoms with E-state index in [0.29, 0.717) is 16.8 Å². The fraction of sp³-hybridized carbons (Fsp3) is 0.105. The second kappa shape index (κ2) is 7.07. The van der Waals surface area contributed by atoms with Gasteiger partial charge in [-0.2, -0.15) is 10.4 Å². The molecule has 0 radical (unpaired) electrons. The lowest BCUT2D eigenvalue weighted by Crippen LogP contribution is -2.26. The van der Waals surface area contributed by atoms with Crippen molar-refractivity contribution in [3.63, 3.8) is 0 Å². The molecule has 0 aliphatic rings. The molecule has 2 N–H and O–H groups in total. The van der Waals surface area contributed by atoms with Crippen LogP contribution in [0.5, 0.6) is 0 Å². The monoisotopic (exact) mass is 349 g/mol. The number of nitrogens with two attached hydrogens (primary N) is 1. The summed E-state index contributed by atoms with van der Waals surface area (Å²) in [6.45, 7) is 0.151. The van der Waals surface area contributed by atoms with Crippen LogP contribution < -0.4 is 5.73 Å². The zero-order valence-electron chi connectivity index (χ0n) is 14.1. The van der Waals surface area contributed by atoms with E-state index in [1.165, 1.54) is 21.8 Å². The lowest BCUT2D eigenvalue weighted by atomic mass is 10.1. The first kappa shape index (κ1) is 17.2. The summed E-state index contributed by atoms with van der Waals surface area (Å²) in [5.41, 5.74) is 7.57. The van der Waals surface area contributed by atoms with E-state index in [4.69, 9.17) is 11.0 Å². The molecule has 0 bridgehead atoms. The predicted octanol–water partition coefficient (Wildman–Crippen LogP) is 2.74. The Morgan fingerprint density at radius 3 is 2.77 bits per heavy atom. The van der Waals surface area contributed by atoms with Crippen LogP contribution >= 0.6 is 0 Å². The van der Waals surface area contributed by atoms with Gasteiger partial charge in [-0.15, -0.1) is 0 Å². The number of nitriles is 1. The first-order chi connectivity index (χ1) is 12.5. The number of carbonyl (C=O) groups excluding carboxylic acids is 1. The molecule has 1 heterocycles. The standard InChI is InChI=1S/C19H16FN5O/c1-24(12-14-5-2-3-8-17(14)20)19(26)13-6-4-7-16(9-13)25-18(22)15(10-21)11-23-25/h2-9,11H,12,22H2,1H3. The van der Waals surface area contributed by atoms with Gasteiger partial charge < -0.3 is 10.6 Å². The average molecular weight is 349 g/mol. The fourth-order valence-electron chi connectivity index (χ4n) is 2.59. The van der Waals surface area contributed by atoms with Crippen LogP contribution in [-0.2, 0) is 6.54 Å². The maximum atomic E-state index is 13.8. The number of halogens is 1. The van der Waals surface area contributed by atoms with Gasteiger partial charge in [-0.1, -0.05) is 24.3 Å². The van der Waals surface area contributed by atoms with Crippen molar-refractivity contribution in [2.45, 2.75) is 6.54 Å². The summed E-state index contributed by atoms with van der Waals surface area (Å²) in [6, 6.07) is 15.0. The van der Waals surface area contributed by atoms with Gasteiger partial charge in [0, 0.05) is 24.7 Å². The quantitative estimate of drug-likeness (QED) is 0.784. The summed E-state index contributed by atoms with van der Waals surface area (Å²) in [7, 11) is 1.61.